The van der Waals surface area contributed by atoms with E-state index in [9.17, 15) is 4.79 Å². The Morgan fingerprint density at radius 1 is 1.15 bits per heavy atom. The highest BCUT2D eigenvalue weighted by molar-refractivity contribution is 5.80. The highest BCUT2D eigenvalue weighted by Crippen LogP contribution is 2.22. The van der Waals surface area contributed by atoms with Gasteiger partial charge in [-0.1, -0.05) is 37.3 Å². The zero-order chi connectivity index (χ0) is 18.4. The first-order valence-corrected chi connectivity index (χ1v) is 10.3. The van der Waals surface area contributed by atoms with Crippen LogP contribution in [0.2, 0.25) is 0 Å². The highest BCUT2D eigenvalue weighted by atomic mass is 16.5. The van der Waals surface area contributed by atoms with Crippen LogP contribution >= 0.6 is 0 Å². The van der Waals surface area contributed by atoms with Gasteiger partial charge in [0.15, 0.2) is 0 Å². The van der Waals surface area contributed by atoms with E-state index < -0.39 is 0 Å². The van der Waals surface area contributed by atoms with Gasteiger partial charge in [0, 0.05) is 19.6 Å². The van der Waals surface area contributed by atoms with E-state index in [1.54, 1.807) is 0 Å². The molecule has 0 aliphatic carbocycles. The van der Waals surface area contributed by atoms with Gasteiger partial charge in [-0.3, -0.25) is 4.79 Å². The Morgan fingerprint density at radius 2 is 1.88 bits per heavy atom. The predicted octanol–water partition coefficient (Wildman–Crippen LogP) is 3.56. The molecule has 1 aromatic carbocycles. The van der Waals surface area contributed by atoms with E-state index in [0.717, 1.165) is 37.5 Å². The number of amides is 1. The molecule has 4 heteroatoms. The minimum atomic E-state index is -0.371. The second kappa shape index (κ2) is 9.52. The molecule has 2 atom stereocenters. The Hall–Kier alpha value is -1.39. The number of rotatable bonds is 6. The Bertz CT molecular complexity index is 555. The van der Waals surface area contributed by atoms with Crippen molar-refractivity contribution in [3.63, 3.8) is 0 Å². The van der Waals surface area contributed by atoms with Crippen LogP contribution in [0.4, 0.5) is 0 Å². The number of hydrogen-bond acceptors (Lipinski definition) is 3. The van der Waals surface area contributed by atoms with Crippen LogP contribution in [0.5, 0.6) is 0 Å². The van der Waals surface area contributed by atoms with E-state index >= 15 is 0 Å². The summed E-state index contributed by atoms with van der Waals surface area (Å²) in [4.78, 5) is 17.4. The van der Waals surface area contributed by atoms with Crippen molar-refractivity contribution >= 4 is 5.91 Å². The average molecular weight is 359 g/mol. The summed E-state index contributed by atoms with van der Waals surface area (Å²) < 4.78 is 5.84. The van der Waals surface area contributed by atoms with E-state index in [1.165, 1.54) is 32.4 Å². The zero-order valence-electron chi connectivity index (χ0n) is 16.4. The third kappa shape index (κ3) is 5.55. The lowest BCUT2D eigenvalue weighted by molar-refractivity contribution is -0.145. The summed E-state index contributed by atoms with van der Waals surface area (Å²) in [6.07, 6.45) is 4.63. The molecule has 0 spiro atoms. The molecule has 2 fully saturated rings. The van der Waals surface area contributed by atoms with Crippen LogP contribution < -0.4 is 0 Å². The zero-order valence-corrected chi connectivity index (χ0v) is 16.4. The van der Waals surface area contributed by atoms with Crippen LogP contribution in [0.25, 0.3) is 0 Å². The number of carbonyl (C=O) groups excluding carboxylic acids is 1. The van der Waals surface area contributed by atoms with Crippen LogP contribution in [0.15, 0.2) is 30.3 Å². The van der Waals surface area contributed by atoms with Crippen LogP contribution in [0.1, 0.15) is 45.1 Å². The van der Waals surface area contributed by atoms with Crippen LogP contribution in [-0.4, -0.2) is 54.5 Å². The van der Waals surface area contributed by atoms with Crippen LogP contribution in [0.3, 0.4) is 0 Å². The highest BCUT2D eigenvalue weighted by Gasteiger charge is 2.29. The molecule has 26 heavy (non-hydrogen) atoms. The summed E-state index contributed by atoms with van der Waals surface area (Å²) >= 11 is 0. The lowest BCUT2D eigenvalue weighted by Crippen LogP contribution is -2.48. The van der Waals surface area contributed by atoms with Crippen molar-refractivity contribution < 1.29 is 9.53 Å². The number of carbonyl (C=O) groups is 1. The van der Waals surface area contributed by atoms with Gasteiger partial charge in [0.1, 0.15) is 6.10 Å². The lowest BCUT2D eigenvalue weighted by Gasteiger charge is -2.38. The van der Waals surface area contributed by atoms with Crippen molar-refractivity contribution in [3.05, 3.63) is 35.9 Å². The Kier molecular flexibility index (Phi) is 7.09. The maximum atomic E-state index is 12.8. The van der Waals surface area contributed by atoms with E-state index in [0.29, 0.717) is 12.5 Å². The smallest absolute Gasteiger partial charge is 0.251 e. The number of nitrogens with zero attached hydrogens (tertiary/aromatic N) is 2. The largest absolute Gasteiger partial charge is 0.364 e. The molecule has 2 heterocycles. The summed E-state index contributed by atoms with van der Waals surface area (Å²) in [5.74, 6) is 1.64. The molecular formula is C22H34N2O2. The Labute approximate surface area is 158 Å². The maximum absolute atomic E-state index is 12.8. The van der Waals surface area contributed by atoms with Crippen LogP contribution in [-0.2, 0) is 16.1 Å². The average Bonchev–Trinajstić information content (AvgIpc) is 2.68. The molecule has 2 aliphatic rings. The quantitative estimate of drug-likeness (QED) is 0.779. The van der Waals surface area contributed by atoms with E-state index in [-0.39, 0.29) is 12.0 Å². The van der Waals surface area contributed by atoms with Crippen molar-refractivity contribution in [1.29, 1.82) is 0 Å². The molecule has 2 aliphatic heterocycles. The van der Waals surface area contributed by atoms with Crippen molar-refractivity contribution in [2.24, 2.45) is 11.8 Å². The third-order valence-electron chi connectivity index (χ3n) is 5.91. The van der Waals surface area contributed by atoms with Gasteiger partial charge in [-0.05, 0) is 63.1 Å². The molecule has 1 amide bonds. The van der Waals surface area contributed by atoms with Gasteiger partial charge in [0.25, 0.3) is 5.91 Å². The first-order valence-electron chi connectivity index (χ1n) is 10.3. The second-order valence-corrected chi connectivity index (χ2v) is 8.21. The summed E-state index contributed by atoms with van der Waals surface area (Å²) in [5, 5.41) is 0. The van der Waals surface area contributed by atoms with Gasteiger partial charge in [0.05, 0.1) is 6.61 Å². The molecule has 1 aromatic rings. The number of piperidine rings is 2. The van der Waals surface area contributed by atoms with Gasteiger partial charge >= 0.3 is 0 Å². The summed E-state index contributed by atoms with van der Waals surface area (Å²) in [6, 6.07) is 10.1. The minimum Gasteiger partial charge on any atom is -0.364 e. The van der Waals surface area contributed by atoms with Gasteiger partial charge in [-0.2, -0.15) is 0 Å². The Balaban J connectivity index is 1.44. The summed E-state index contributed by atoms with van der Waals surface area (Å²) in [5.41, 5.74) is 1.11. The van der Waals surface area contributed by atoms with Crippen molar-refractivity contribution in [1.82, 2.24) is 9.80 Å². The van der Waals surface area contributed by atoms with Crippen molar-refractivity contribution in [2.45, 2.75) is 52.2 Å². The normalized spacial score (nSPS) is 23.8. The van der Waals surface area contributed by atoms with Gasteiger partial charge in [0.2, 0.25) is 0 Å². The monoisotopic (exact) mass is 358 g/mol. The second-order valence-electron chi connectivity index (χ2n) is 8.21. The number of benzene rings is 1. The maximum Gasteiger partial charge on any atom is 0.251 e. The predicted molar refractivity (Wildman–Crippen MR) is 105 cm³/mol. The number of likely N-dealkylation sites (tertiary alicyclic amines) is 2. The fourth-order valence-corrected chi connectivity index (χ4v) is 4.15. The van der Waals surface area contributed by atoms with Gasteiger partial charge in [-0.15, -0.1) is 0 Å². The first-order chi connectivity index (χ1) is 12.6. The van der Waals surface area contributed by atoms with E-state index in [4.69, 9.17) is 4.74 Å². The lowest BCUT2D eigenvalue weighted by atomic mass is 9.94. The molecule has 0 aromatic heterocycles. The van der Waals surface area contributed by atoms with Crippen molar-refractivity contribution in [2.75, 3.05) is 32.7 Å². The summed E-state index contributed by atoms with van der Waals surface area (Å²) in [7, 11) is 0. The van der Waals surface area contributed by atoms with Gasteiger partial charge < -0.3 is 14.5 Å². The van der Waals surface area contributed by atoms with Crippen molar-refractivity contribution in [3.8, 4) is 0 Å². The molecular weight excluding hydrogens is 324 g/mol. The molecule has 0 N–H and O–H groups in total. The topological polar surface area (TPSA) is 32.8 Å². The molecule has 0 bridgehead atoms. The molecule has 0 saturated carbocycles. The number of ether oxygens (including phenoxy) is 1. The molecule has 3 rings (SSSR count). The first kappa shape index (κ1) is 19.4. The fraction of sp³-hybridized carbons (Fsp3) is 0.682. The molecule has 4 nitrogen and oxygen atoms in total. The minimum absolute atomic E-state index is 0.151. The molecule has 2 saturated heterocycles. The van der Waals surface area contributed by atoms with E-state index in [2.05, 4.69) is 11.8 Å². The molecule has 0 unspecified atom stereocenters. The SMILES string of the molecule is CC1CCN(C[C@@H]2CCCN(C(=O)[C@H](C)OCc3ccccc3)C2)CC1. The van der Waals surface area contributed by atoms with Gasteiger partial charge in [-0.25, -0.2) is 0 Å². The standard InChI is InChI=1S/C22H34N2O2/c1-18-10-13-23(14-11-18)15-21-9-6-12-24(16-21)22(25)19(2)26-17-20-7-4-3-5-8-20/h3-5,7-8,18-19,21H,6,9-17H2,1-2H3/t19-,21-/m0/s1. The fourth-order valence-electron chi connectivity index (χ4n) is 4.15. The van der Waals surface area contributed by atoms with E-state index in [1.807, 2.05) is 42.2 Å². The molecule has 0 radical (unpaired) electrons. The van der Waals surface area contributed by atoms with Crippen LogP contribution in [0, 0.1) is 11.8 Å². The Morgan fingerprint density at radius 3 is 2.62 bits per heavy atom. The third-order valence-corrected chi connectivity index (χ3v) is 5.91. The number of hydrogen-bond donors (Lipinski definition) is 0. The summed E-state index contributed by atoms with van der Waals surface area (Å²) in [6.45, 7) is 10.1. The molecule has 144 valence electrons.